The zero-order valence-corrected chi connectivity index (χ0v) is 16.7. The molecule has 0 spiro atoms. The van der Waals surface area contributed by atoms with Crippen LogP contribution in [0.15, 0.2) is 0 Å². The smallest absolute Gasteiger partial charge is 0.410 e. The van der Waals surface area contributed by atoms with Crippen LogP contribution < -0.4 is 5.32 Å². The van der Waals surface area contributed by atoms with E-state index in [2.05, 4.69) is 5.32 Å². The molecule has 26 heavy (non-hydrogen) atoms. The van der Waals surface area contributed by atoms with E-state index in [4.69, 9.17) is 14.2 Å². The monoisotopic (exact) mass is 372 g/mol. The molecule has 0 aromatic heterocycles. The fourth-order valence-electron chi connectivity index (χ4n) is 2.64. The SMILES string of the molecule is COC(=O)[C@H](CC(C)C)NC(=O)OC1CCN(C(=O)OC(C)(C)C)CC1. The third-order valence-corrected chi connectivity index (χ3v) is 3.85. The Hall–Kier alpha value is -1.99. The van der Waals surface area contributed by atoms with Crippen LogP contribution in [-0.2, 0) is 19.0 Å². The van der Waals surface area contributed by atoms with Crippen molar-refractivity contribution in [2.45, 2.75) is 71.6 Å². The van der Waals surface area contributed by atoms with Crippen LogP contribution in [0.3, 0.4) is 0 Å². The second-order valence-corrected chi connectivity index (χ2v) is 7.92. The Kier molecular flexibility index (Phi) is 8.17. The number of amides is 2. The van der Waals surface area contributed by atoms with Gasteiger partial charge in [-0.25, -0.2) is 14.4 Å². The maximum absolute atomic E-state index is 12.1. The van der Waals surface area contributed by atoms with Crippen molar-refractivity contribution in [3.05, 3.63) is 0 Å². The summed E-state index contributed by atoms with van der Waals surface area (Å²) in [5, 5.41) is 2.57. The molecular formula is C18H32N2O6. The van der Waals surface area contributed by atoms with Gasteiger partial charge in [-0.15, -0.1) is 0 Å². The fourth-order valence-corrected chi connectivity index (χ4v) is 2.64. The predicted molar refractivity (Wildman–Crippen MR) is 95.7 cm³/mol. The Morgan fingerprint density at radius 3 is 2.19 bits per heavy atom. The summed E-state index contributed by atoms with van der Waals surface area (Å²) in [7, 11) is 1.29. The van der Waals surface area contributed by atoms with Crippen molar-refractivity contribution in [3.63, 3.8) is 0 Å². The molecule has 0 bridgehead atoms. The minimum absolute atomic E-state index is 0.219. The number of rotatable bonds is 5. The lowest BCUT2D eigenvalue weighted by atomic mass is 10.0. The number of alkyl carbamates (subject to hydrolysis) is 1. The van der Waals surface area contributed by atoms with Crippen LogP contribution in [0.5, 0.6) is 0 Å². The lowest BCUT2D eigenvalue weighted by Gasteiger charge is -2.33. The van der Waals surface area contributed by atoms with Crippen molar-refractivity contribution in [3.8, 4) is 0 Å². The highest BCUT2D eigenvalue weighted by molar-refractivity contribution is 5.81. The van der Waals surface area contributed by atoms with Gasteiger partial charge in [-0.1, -0.05) is 13.8 Å². The molecule has 150 valence electrons. The number of hydrogen-bond acceptors (Lipinski definition) is 6. The average Bonchev–Trinajstić information content (AvgIpc) is 2.52. The van der Waals surface area contributed by atoms with E-state index in [1.165, 1.54) is 7.11 Å². The molecule has 8 heteroatoms. The average molecular weight is 372 g/mol. The number of likely N-dealkylation sites (tertiary alicyclic amines) is 1. The third kappa shape index (κ3) is 7.93. The van der Waals surface area contributed by atoms with Gasteiger partial charge < -0.3 is 24.4 Å². The van der Waals surface area contributed by atoms with Crippen molar-refractivity contribution < 1.29 is 28.6 Å². The summed E-state index contributed by atoms with van der Waals surface area (Å²) >= 11 is 0. The Morgan fingerprint density at radius 2 is 1.73 bits per heavy atom. The van der Waals surface area contributed by atoms with Crippen LogP contribution in [0.1, 0.15) is 53.9 Å². The number of nitrogens with zero attached hydrogens (tertiary/aromatic N) is 1. The summed E-state index contributed by atoms with van der Waals surface area (Å²) in [4.78, 5) is 37.5. The van der Waals surface area contributed by atoms with E-state index in [0.717, 1.165) is 0 Å². The maximum atomic E-state index is 12.1. The second-order valence-electron chi connectivity index (χ2n) is 7.92. The summed E-state index contributed by atoms with van der Waals surface area (Å²) in [5.41, 5.74) is -0.538. The molecule has 0 aliphatic carbocycles. The Bertz CT molecular complexity index is 492. The number of carbonyl (C=O) groups excluding carboxylic acids is 3. The lowest BCUT2D eigenvalue weighted by Crippen LogP contribution is -2.46. The zero-order valence-electron chi connectivity index (χ0n) is 16.7. The Morgan fingerprint density at radius 1 is 1.15 bits per heavy atom. The Balaban J connectivity index is 2.45. The first-order chi connectivity index (χ1) is 12.0. The molecule has 1 N–H and O–H groups in total. The fraction of sp³-hybridized carbons (Fsp3) is 0.833. The van der Waals surface area contributed by atoms with Crippen LogP contribution in [0.4, 0.5) is 9.59 Å². The highest BCUT2D eigenvalue weighted by Crippen LogP contribution is 2.17. The number of nitrogens with one attached hydrogen (secondary N) is 1. The number of carbonyl (C=O) groups is 3. The van der Waals surface area contributed by atoms with Crippen molar-refractivity contribution in [2.24, 2.45) is 5.92 Å². The molecule has 0 aromatic rings. The molecule has 0 aromatic carbocycles. The first-order valence-electron chi connectivity index (χ1n) is 9.04. The quantitative estimate of drug-likeness (QED) is 0.589. The summed E-state index contributed by atoms with van der Waals surface area (Å²) in [5.74, 6) is -0.271. The van der Waals surface area contributed by atoms with E-state index in [1.54, 1.807) is 4.90 Å². The molecule has 1 fully saturated rings. The molecule has 8 nitrogen and oxygen atoms in total. The van der Waals surface area contributed by atoms with Gasteiger partial charge in [0.2, 0.25) is 0 Å². The summed E-state index contributed by atoms with van der Waals surface area (Å²) < 4.78 is 15.4. The largest absolute Gasteiger partial charge is 0.467 e. The van der Waals surface area contributed by atoms with Gasteiger partial charge in [0.05, 0.1) is 7.11 Å². The van der Waals surface area contributed by atoms with Crippen LogP contribution in [0.25, 0.3) is 0 Å². The van der Waals surface area contributed by atoms with Crippen LogP contribution in [-0.4, -0.2) is 61.0 Å². The standard InChI is InChI=1S/C18H32N2O6/c1-12(2)11-14(15(21)24-6)19-16(22)25-13-7-9-20(10-8-13)17(23)26-18(3,4)5/h12-14H,7-11H2,1-6H3,(H,19,22)/t14-/m0/s1. The molecule has 0 radical (unpaired) electrons. The minimum Gasteiger partial charge on any atom is -0.467 e. The molecule has 1 aliphatic heterocycles. The lowest BCUT2D eigenvalue weighted by molar-refractivity contribution is -0.143. The highest BCUT2D eigenvalue weighted by atomic mass is 16.6. The molecule has 1 saturated heterocycles. The zero-order chi connectivity index (χ0) is 19.9. The van der Waals surface area contributed by atoms with Gasteiger partial charge in [-0.3, -0.25) is 0 Å². The topological polar surface area (TPSA) is 94.2 Å². The second kappa shape index (κ2) is 9.64. The summed E-state index contributed by atoms with van der Waals surface area (Å²) in [6.45, 7) is 10.3. The third-order valence-electron chi connectivity index (χ3n) is 3.85. The van der Waals surface area contributed by atoms with E-state index in [1.807, 2.05) is 34.6 Å². The van der Waals surface area contributed by atoms with Gasteiger partial charge in [-0.05, 0) is 33.1 Å². The van der Waals surface area contributed by atoms with Gasteiger partial charge in [0.25, 0.3) is 0 Å². The van der Waals surface area contributed by atoms with Gasteiger partial charge in [0.15, 0.2) is 0 Å². The molecule has 2 amide bonds. The van der Waals surface area contributed by atoms with E-state index in [0.29, 0.717) is 32.4 Å². The van der Waals surface area contributed by atoms with E-state index in [-0.39, 0.29) is 18.1 Å². The van der Waals surface area contributed by atoms with Crippen molar-refractivity contribution >= 4 is 18.2 Å². The number of esters is 1. The van der Waals surface area contributed by atoms with Gasteiger partial charge in [0.1, 0.15) is 17.7 Å². The van der Waals surface area contributed by atoms with Crippen molar-refractivity contribution in [1.82, 2.24) is 10.2 Å². The molecular weight excluding hydrogens is 340 g/mol. The number of hydrogen-bond donors (Lipinski definition) is 1. The first kappa shape index (κ1) is 22.1. The van der Waals surface area contributed by atoms with E-state index in [9.17, 15) is 14.4 Å². The summed E-state index contributed by atoms with van der Waals surface area (Å²) in [6, 6.07) is -0.727. The Labute approximate surface area is 155 Å². The maximum Gasteiger partial charge on any atom is 0.410 e. The molecule has 0 unspecified atom stereocenters. The molecule has 1 aliphatic rings. The number of piperidine rings is 1. The van der Waals surface area contributed by atoms with Gasteiger partial charge >= 0.3 is 18.2 Å². The van der Waals surface area contributed by atoms with Crippen LogP contribution >= 0.6 is 0 Å². The predicted octanol–water partition coefficient (Wildman–Crippen LogP) is 2.70. The van der Waals surface area contributed by atoms with Crippen LogP contribution in [0.2, 0.25) is 0 Å². The van der Waals surface area contributed by atoms with Gasteiger partial charge in [0, 0.05) is 25.9 Å². The normalized spacial score (nSPS) is 16.8. The number of ether oxygens (including phenoxy) is 3. The van der Waals surface area contributed by atoms with Gasteiger partial charge in [-0.2, -0.15) is 0 Å². The summed E-state index contributed by atoms with van der Waals surface area (Å²) in [6.07, 6.45) is 0.226. The van der Waals surface area contributed by atoms with Crippen LogP contribution in [0, 0.1) is 5.92 Å². The van der Waals surface area contributed by atoms with Crippen molar-refractivity contribution in [2.75, 3.05) is 20.2 Å². The molecule has 1 rings (SSSR count). The van der Waals surface area contributed by atoms with E-state index >= 15 is 0 Å². The van der Waals surface area contributed by atoms with Crippen molar-refractivity contribution in [1.29, 1.82) is 0 Å². The molecule has 1 atom stereocenters. The van der Waals surface area contributed by atoms with E-state index < -0.39 is 23.7 Å². The first-order valence-corrected chi connectivity index (χ1v) is 9.04. The minimum atomic E-state index is -0.727. The molecule has 1 heterocycles. The highest BCUT2D eigenvalue weighted by Gasteiger charge is 2.30. The molecule has 0 saturated carbocycles. The number of methoxy groups -OCH3 is 1.